The van der Waals surface area contributed by atoms with Crippen LogP contribution in [0.4, 0.5) is 5.69 Å². The molecule has 2 aromatic carbocycles. The van der Waals surface area contributed by atoms with Crippen LogP contribution in [0.15, 0.2) is 48.0 Å². The third-order valence-corrected chi connectivity index (χ3v) is 4.58. The quantitative estimate of drug-likeness (QED) is 0.259. The van der Waals surface area contributed by atoms with Gasteiger partial charge in [0, 0.05) is 6.54 Å². The fourth-order valence-corrected chi connectivity index (χ4v) is 2.97. The molecule has 0 bridgehead atoms. The number of para-hydroxylation sites is 2. The lowest BCUT2D eigenvalue weighted by atomic mass is 10.1. The standard InChI is InChI=1S/C26H31N3O5/c1-4-7-14-28-26(31)20(17-27)15-19-12-13-23(24(16-19)33-6-3)34-18-25(30)29-21-10-8-9-11-22(21)32-5-2/h8-13,15-16H,4-7,14,18H2,1-3H3,(H,28,31)(H,29,30). The van der Waals surface area contributed by atoms with Crippen molar-refractivity contribution in [1.82, 2.24) is 5.32 Å². The summed E-state index contributed by atoms with van der Waals surface area (Å²) in [6.45, 7) is 6.85. The van der Waals surface area contributed by atoms with E-state index in [1.807, 2.05) is 32.9 Å². The molecule has 0 radical (unpaired) electrons. The zero-order chi connectivity index (χ0) is 24.8. The molecule has 0 heterocycles. The van der Waals surface area contributed by atoms with E-state index < -0.39 is 5.91 Å². The highest BCUT2D eigenvalue weighted by molar-refractivity contribution is 6.01. The lowest BCUT2D eigenvalue weighted by Crippen LogP contribution is -2.25. The van der Waals surface area contributed by atoms with E-state index in [-0.39, 0.29) is 18.1 Å². The van der Waals surface area contributed by atoms with E-state index in [4.69, 9.17) is 14.2 Å². The van der Waals surface area contributed by atoms with Gasteiger partial charge in [-0.2, -0.15) is 5.26 Å². The van der Waals surface area contributed by atoms with Gasteiger partial charge in [0.1, 0.15) is 17.4 Å². The summed E-state index contributed by atoms with van der Waals surface area (Å²) in [6, 6.07) is 14.1. The summed E-state index contributed by atoms with van der Waals surface area (Å²) in [5.41, 5.74) is 1.16. The highest BCUT2D eigenvalue weighted by atomic mass is 16.5. The first-order valence-corrected chi connectivity index (χ1v) is 11.3. The zero-order valence-corrected chi connectivity index (χ0v) is 19.8. The van der Waals surface area contributed by atoms with Crippen molar-refractivity contribution < 1.29 is 23.8 Å². The molecule has 0 spiro atoms. The molecule has 8 nitrogen and oxygen atoms in total. The number of nitrogens with zero attached hydrogens (tertiary/aromatic N) is 1. The van der Waals surface area contributed by atoms with Gasteiger partial charge in [-0.25, -0.2) is 0 Å². The second kappa shape index (κ2) is 14.2. The summed E-state index contributed by atoms with van der Waals surface area (Å²) < 4.78 is 16.8. The number of ether oxygens (including phenoxy) is 3. The molecule has 34 heavy (non-hydrogen) atoms. The summed E-state index contributed by atoms with van der Waals surface area (Å²) >= 11 is 0. The molecule has 8 heteroatoms. The number of hydrogen-bond acceptors (Lipinski definition) is 6. The molecule has 180 valence electrons. The predicted octanol–water partition coefficient (Wildman–Crippen LogP) is 4.32. The van der Waals surface area contributed by atoms with E-state index in [1.165, 1.54) is 6.08 Å². The van der Waals surface area contributed by atoms with Gasteiger partial charge in [0.25, 0.3) is 11.8 Å². The summed E-state index contributed by atoms with van der Waals surface area (Å²) in [4.78, 5) is 24.6. The highest BCUT2D eigenvalue weighted by Gasteiger charge is 2.13. The van der Waals surface area contributed by atoms with Gasteiger partial charge in [0.2, 0.25) is 0 Å². The molecule has 0 atom stereocenters. The van der Waals surface area contributed by atoms with E-state index >= 15 is 0 Å². The number of amides is 2. The van der Waals surface area contributed by atoms with Gasteiger partial charge in [0.05, 0.1) is 18.9 Å². The molecular formula is C26H31N3O5. The van der Waals surface area contributed by atoms with E-state index in [0.717, 1.165) is 12.8 Å². The first-order chi connectivity index (χ1) is 16.5. The van der Waals surface area contributed by atoms with E-state index in [2.05, 4.69) is 10.6 Å². The average Bonchev–Trinajstić information content (AvgIpc) is 2.83. The molecule has 0 aromatic heterocycles. The van der Waals surface area contributed by atoms with E-state index in [9.17, 15) is 14.9 Å². The van der Waals surface area contributed by atoms with Crippen LogP contribution < -0.4 is 24.8 Å². The molecule has 0 fully saturated rings. The summed E-state index contributed by atoms with van der Waals surface area (Å²) in [6.07, 6.45) is 3.28. The smallest absolute Gasteiger partial charge is 0.262 e. The maximum absolute atomic E-state index is 12.4. The maximum atomic E-state index is 12.4. The van der Waals surface area contributed by atoms with Crippen molar-refractivity contribution in [3.8, 4) is 23.3 Å². The molecule has 0 saturated heterocycles. The Labute approximate surface area is 200 Å². The normalized spacial score (nSPS) is 10.7. The number of hydrogen-bond donors (Lipinski definition) is 2. The minimum Gasteiger partial charge on any atom is -0.492 e. The molecule has 2 aromatic rings. The number of anilines is 1. The Morgan fingerprint density at radius 2 is 1.71 bits per heavy atom. The topological polar surface area (TPSA) is 110 Å². The van der Waals surface area contributed by atoms with E-state index in [1.54, 1.807) is 36.4 Å². The van der Waals surface area contributed by atoms with Gasteiger partial charge in [0.15, 0.2) is 18.1 Å². The monoisotopic (exact) mass is 465 g/mol. The Morgan fingerprint density at radius 3 is 2.41 bits per heavy atom. The van der Waals surface area contributed by atoms with Crippen LogP contribution in [0.3, 0.4) is 0 Å². The van der Waals surface area contributed by atoms with E-state index in [0.29, 0.717) is 48.3 Å². The molecule has 0 aliphatic carbocycles. The number of benzene rings is 2. The maximum Gasteiger partial charge on any atom is 0.262 e. The fourth-order valence-electron chi connectivity index (χ4n) is 2.97. The lowest BCUT2D eigenvalue weighted by Gasteiger charge is -2.14. The molecule has 0 aliphatic heterocycles. The van der Waals surface area contributed by atoms with Crippen LogP contribution in [0.25, 0.3) is 6.08 Å². The molecular weight excluding hydrogens is 434 g/mol. The fraction of sp³-hybridized carbons (Fsp3) is 0.346. The summed E-state index contributed by atoms with van der Waals surface area (Å²) in [7, 11) is 0. The lowest BCUT2D eigenvalue weighted by molar-refractivity contribution is -0.118. The average molecular weight is 466 g/mol. The third kappa shape index (κ3) is 8.17. The van der Waals surface area contributed by atoms with Crippen molar-refractivity contribution in [3.63, 3.8) is 0 Å². The van der Waals surface area contributed by atoms with Crippen LogP contribution in [0.2, 0.25) is 0 Å². The second-order valence-electron chi connectivity index (χ2n) is 7.18. The SMILES string of the molecule is CCCCNC(=O)C(C#N)=Cc1ccc(OCC(=O)Nc2ccccc2OCC)c(OCC)c1. The largest absolute Gasteiger partial charge is 0.492 e. The second-order valence-corrected chi connectivity index (χ2v) is 7.18. The minimum atomic E-state index is -0.418. The Balaban J connectivity index is 2.09. The van der Waals surface area contributed by atoms with Crippen molar-refractivity contribution >= 4 is 23.6 Å². The molecule has 2 N–H and O–H groups in total. The summed E-state index contributed by atoms with van der Waals surface area (Å²) in [5, 5.41) is 14.9. The Kier molecular flexibility index (Phi) is 11.0. The predicted molar refractivity (Wildman–Crippen MR) is 131 cm³/mol. The number of carbonyl (C=O) groups is 2. The minimum absolute atomic E-state index is 0.000406. The first kappa shape index (κ1) is 26.3. The van der Waals surface area contributed by atoms with Gasteiger partial charge < -0.3 is 24.8 Å². The number of nitriles is 1. The van der Waals surface area contributed by atoms with Crippen LogP contribution >= 0.6 is 0 Å². The van der Waals surface area contributed by atoms with Crippen molar-refractivity contribution in [3.05, 3.63) is 53.6 Å². The molecule has 0 unspecified atom stereocenters. The van der Waals surface area contributed by atoms with Crippen LogP contribution in [-0.2, 0) is 9.59 Å². The zero-order valence-electron chi connectivity index (χ0n) is 19.8. The number of unbranched alkanes of at least 4 members (excludes halogenated alkanes) is 1. The van der Waals surface area contributed by atoms with Crippen LogP contribution in [0, 0.1) is 11.3 Å². The Morgan fingerprint density at radius 1 is 0.971 bits per heavy atom. The van der Waals surface area contributed by atoms with Crippen LogP contribution in [0.5, 0.6) is 17.2 Å². The van der Waals surface area contributed by atoms with Gasteiger partial charge in [-0.3, -0.25) is 9.59 Å². The number of nitrogens with one attached hydrogen (secondary N) is 2. The summed E-state index contributed by atoms with van der Waals surface area (Å²) in [5.74, 6) is 0.587. The molecule has 2 rings (SSSR count). The van der Waals surface area contributed by atoms with Crippen molar-refractivity contribution in [2.24, 2.45) is 0 Å². The van der Waals surface area contributed by atoms with Gasteiger partial charge >= 0.3 is 0 Å². The highest BCUT2D eigenvalue weighted by Crippen LogP contribution is 2.30. The number of rotatable bonds is 13. The van der Waals surface area contributed by atoms with Crippen molar-refractivity contribution in [2.45, 2.75) is 33.6 Å². The van der Waals surface area contributed by atoms with Crippen molar-refractivity contribution in [1.29, 1.82) is 5.26 Å². The Hall–Kier alpha value is -3.99. The molecule has 2 amide bonds. The molecule has 0 saturated carbocycles. The van der Waals surface area contributed by atoms with Crippen molar-refractivity contribution in [2.75, 3.05) is 31.7 Å². The first-order valence-electron chi connectivity index (χ1n) is 11.3. The van der Waals surface area contributed by atoms with Gasteiger partial charge in [-0.1, -0.05) is 31.5 Å². The van der Waals surface area contributed by atoms with Crippen LogP contribution in [-0.4, -0.2) is 38.2 Å². The number of carbonyl (C=O) groups excluding carboxylic acids is 2. The molecule has 0 aliphatic rings. The van der Waals surface area contributed by atoms with Gasteiger partial charge in [-0.05, 0) is 56.2 Å². The Bertz CT molecular complexity index is 1040. The van der Waals surface area contributed by atoms with Gasteiger partial charge in [-0.15, -0.1) is 0 Å². The third-order valence-electron chi connectivity index (χ3n) is 4.58. The van der Waals surface area contributed by atoms with Crippen LogP contribution in [0.1, 0.15) is 39.2 Å².